The molecule has 2 N–H and O–H groups in total. The Balaban J connectivity index is 4.77. The molecule has 0 saturated carbocycles. The molecular formula is C12H18O5. The summed E-state index contributed by atoms with van der Waals surface area (Å²) in [7, 11) is 0. The fraction of sp³-hybridized carbons (Fsp3) is 0.500. The van der Waals surface area contributed by atoms with E-state index in [0.717, 1.165) is 6.08 Å². The van der Waals surface area contributed by atoms with E-state index in [-0.39, 0.29) is 0 Å². The van der Waals surface area contributed by atoms with Crippen molar-refractivity contribution in [1.82, 2.24) is 0 Å². The number of hydrogen-bond donors (Lipinski definition) is 2. The topological polar surface area (TPSA) is 83.8 Å². The first-order valence-electron chi connectivity index (χ1n) is 5.13. The second kappa shape index (κ2) is 5.75. The molecule has 17 heavy (non-hydrogen) atoms. The van der Waals surface area contributed by atoms with Crippen LogP contribution in [0.2, 0.25) is 0 Å². The smallest absolute Gasteiger partial charge is 0.375 e. The van der Waals surface area contributed by atoms with E-state index in [1.54, 1.807) is 33.8 Å². The number of ketones is 1. The van der Waals surface area contributed by atoms with Gasteiger partial charge in [-0.2, -0.15) is 0 Å². The number of carbonyl (C=O) groups excluding carboxylic acids is 2. The zero-order chi connectivity index (χ0) is 13.7. The number of hydrogen-bond acceptors (Lipinski definition) is 5. The lowest BCUT2D eigenvalue weighted by atomic mass is 10.1. The maximum Gasteiger partial charge on any atom is 0.375 e. The summed E-state index contributed by atoms with van der Waals surface area (Å²) in [6.07, 6.45) is 5.36. The summed E-state index contributed by atoms with van der Waals surface area (Å²) in [5, 5.41) is 18.7. The van der Waals surface area contributed by atoms with Crippen molar-refractivity contribution in [2.24, 2.45) is 0 Å². The van der Waals surface area contributed by atoms with Crippen molar-refractivity contribution in [3.05, 3.63) is 24.3 Å². The van der Waals surface area contributed by atoms with Crippen molar-refractivity contribution >= 4 is 11.8 Å². The molecule has 0 aromatic rings. The van der Waals surface area contributed by atoms with Crippen molar-refractivity contribution in [2.75, 3.05) is 0 Å². The minimum absolute atomic E-state index is 0.893. The third kappa shape index (κ3) is 5.42. The van der Waals surface area contributed by atoms with Gasteiger partial charge in [-0.05, 0) is 33.8 Å². The van der Waals surface area contributed by atoms with Crippen LogP contribution >= 0.6 is 0 Å². The van der Waals surface area contributed by atoms with Gasteiger partial charge in [0.15, 0.2) is 0 Å². The molecule has 5 heteroatoms. The summed E-state index contributed by atoms with van der Waals surface area (Å²) in [5.74, 6) is -5.68. The molecule has 96 valence electrons. The molecular weight excluding hydrogens is 224 g/mol. The van der Waals surface area contributed by atoms with E-state index < -0.39 is 23.1 Å². The molecule has 0 aromatic heterocycles. The molecule has 0 aliphatic carbocycles. The Bertz CT molecular complexity index is 344. The molecule has 0 bridgehead atoms. The van der Waals surface area contributed by atoms with Gasteiger partial charge in [0.2, 0.25) is 5.78 Å². The van der Waals surface area contributed by atoms with Crippen LogP contribution in [0.15, 0.2) is 24.3 Å². The van der Waals surface area contributed by atoms with E-state index in [1.807, 2.05) is 0 Å². The highest BCUT2D eigenvalue weighted by Crippen LogP contribution is 2.14. The van der Waals surface area contributed by atoms with Gasteiger partial charge in [-0.1, -0.05) is 18.2 Å². The van der Waals surface area contributed by atoms with Crippen LogP contribution in [0.3, 0.4) is 0 Å². The van der Waals surface area contributed by atoms with Gasteiger partial charge in [0.1, 0.15) is 5.60 Å². The minimum Gasteiger partial charge on any atom is -0.456 e. The number of aliphatic hydroxyl groups is 2. The molecule has 0 atom stereocenters. The highest BCUT2D eigenvalue weighted by molar-refractivity contribution is 6.10. The average molecular weight is 242 g/mol. The first-order chi connectivity index (χ1) is 7.61. The number of rotatable bonds is 4. The highest BCUT2D eigenvalue weighted by atomic mass is 16.6. The van der Waals surface area contributed by atoms with Gasteiger partial charge in [-0.3, -0.25) is 4.79 Å². The van der Waals surface area contributed by atoms with Crippen LogP contribution in [-0.4, -0.2) is 33.4 Å². The lowest BCUT2D eigenvalue weighted by Crippen LogP contribution is -2.49. The Morgan fingerprint density at radius 3 is 2.06 bits per heavy atom. The number of carbonyl (C=O) groups is 2. The summed E-state index contributed by atoms with van der Waals surface area (Å²) >= 11 is 0. The van der Waals surface area contributed by atoms with E-state index in [2.05, 4.69) is 0 Å². The molecule has 0 amide bonds. The van der Waals surface area contributed by atoms with Crippen LogP contribution in [0, 0.1) is 0 Å². The van der Waals surface area contributed by atoms with Crippen LogP contribution in [-0.2, 0) is 14.3 Å². The quantitative estimate of drug-likeness (QED) is 0.249. The number of ether oxygens (including phenoxy) is 1. The number of allylic oxidation sites excluding steroid dienone is 3. The summed E-state index contributed by atoms with van der Waals surface area (Å²) in [4.78, 5) is 22.7. The van der Waals surface area contributed by atoms with Gasteiger partial charge in [0.05, 0.1) is 0 Å². The van der Waals surface area contributed by atoms with E-state index in [4.69, 9.17) is 4.74 Å². The SMILES string of the molecule is C/C=C/C=C/C(=O)C(O)(O)C(=O)OC(C)(C)C. The maximum atomic E-state index is 11.4. The molecule has 0 rings (SSSR count). The largest absolute Gasteiger partial charge is 0.456 e. The first kappa shape index (κ1) is 15.5. The Kier molecular flexibility index (Phi) is 5.25. The second-order valence-electron chi connectivity index (χ2n) is 4.42. The Morgan fingerprint density at radius 2 is 1.65 bits per heavy atom. The van der Waals surface area contributed by atoms with Crippen molar-refractivity contribution in [2.45, 2.75) is 39.1 Å². The van der Waals surface area contributed by atoms with Crippen LogP contribution in [0.4, 0.5) is 0 Å². The van der Waals surface area contributed by atoms with Crippen LogP contribution in [0.5, 0.6) is 0 Å². The lowest BCUT2D eigenvalue weighted by Gasteiger charge is -2.24. The summed E-state index contributed by atoms with van der Waals surface area (Å²) in [5.41, 5.74) is -0.902. The lowest BCUT2D eigenvalue weighted by molar-refractivity contribution is -0.214. The number of esters is 1. The van der Waals surface area contributed by atoms with Gasteiger partial charge in [0.25, 0.3) is 0 Å². The van der Waals surface area contributed by atoms with E-state index in [9.17, 15) is 19.8 Å². The Labute approximate surface area is 100 Å². The normalized spacial score (nSPS) is 13.3. The monoisotopic (exact) mass is 242 g/mol. The minimum atomic E-state index is -3.15. The van der Waals surface area contributed by atoms with E-state index in [0.29, 0.717) is 0 Å². The molecule has 5 nitrogen and oxygen atoms in total. The molecule has 0 heterocycles. The Morgan fingerprint density at radius 1 is 1.12 bits per heavy atom. The molecule has 0 spiro atoms. The van der Waals surface area contributed by atoms with Gasteiger partial charge >= 0.3 is 11.8 Å². The van der Waals surface area contributed by atoms with E-state index >= 15 is 0 Å². The fourth-order valence-electron chi connectivity index (χ4n) is 0.820. The first-order valence-corrected chi connectivity index (χ1v) is 5.13. The third-order valence-electron chi connectivity index (χ3n) is 1.58. The molecule has 0 unspecified atom stereocenters. The molecule has 0 saturated heterocycles. The molecule has 0 radical (unpaired) electrons. The standard InChI is InChI=1S/C12H18O5/c1-5-6-7-8-9(13)12(15,16)10(14)17-11(2,3)4/h5-8,15-16H,1-4H3/b6-5+,8-7+. The molecule has 0 aromatic carbocycles. The fourth-order valence-corrected chi connectivity index (χ4v) is 0.820. The van der Waals surface area contributed by atoms with Crippen molar-refractivity contribution < 1.29 is 24.5 Å². The van der Waals surface area contributed by atoms with Crippen molar-refractivity contribution in [3.8, 4) is 0 Å². The second-order valence-corrected chi connectivity index (χ2v) is 4.42. The predicted molar refractivity (Wildman–Crippen MR) is 62.0 cm³/mol. The predicted octanol–water partition coefficient (Wildman–Crippen LogP) is 0.710. The van der Waals surface area contributed by atoms with Gasteiger partial charge in [0, 0.05) is 0 Å². The third-order valence-corrected chi connectivity index (χ3v) is 1.58. The zero-order valence-electron chi connectivity index (χ0n) is 10.4. The zero-order valence-corrected chi connectivity index (χ0v) is 10.4. The maximum absolute atomic E-state index is 11.4. The van der Waals surface area contributed by atoms with Crippen LogP contribution in [0.25, 0.3) is 0 Å². The van der Waals surface area contributed by atoms with Gasteiger partial charge < -0.3 is 14.9 Å². The summed E-state index contributed by atoms with van der Waals surface area (Å²) in [6, 6.07) is 0. The van der Waals surface area contributed by atoms with Gasteiger partial charge in [-0.25, -0.2) is 4.79 Å². The van der Waals surface area contributed by atoms with Crippen LogP contribution < -0.4 is 0 Å². The van der Waals surface area contributed by atoms with Crippen molar-refractivity contribution in [1.29, 1.82) is 0 Å². The molecule has 0 aliphatic heterocycles. The summed E-state index contributed by atoms with van der Waals surface area (Å²) < 4.78 is 4.72. The van der Waals surface area contributed by atoms with Crippen LogP contribution in [0.1, 0.15) is 27.7 Å². The molecule has 0 fully saturated rings. The average Bonchev–Trinajstić information content (AvgIpc) is 2.15. The van der Waals surface area contributed by atoms with E-state index in [1.165, 1.54) is 12.2 Å². The Hall–Kier alpha value is -1.46. The highest BCUT2D eigenvalue weighted by Gasteiger charge is 2.43. The summed E-state index contributed by atoms with van der Waals surface area (Å²) in [6.45, 7) is 6.40. The van der Waals surface area contributed by atoms with Gasteiger partial charge in [-0.15, -0.1) is 0 Å². The van der Waals surface area contributed by atoms with Crippen molar-refractivity contribution in [3.63, 3.8) is 0 Å². The molecule has 0 aliphatic rings.